The molecule has 0 aromatic carbocycles. The van der Waals surface area contributed by atoms with Crippen molar-refractivity contribution < 1.29 is 4.74 Å². The fourth-order valence-corrected chi connectivity index (χ4v) is 6.37. The zero-order chi connectivity index (χ0) is 11.6. The van der Waals surface area contributed by atoms with Crippen molar-refractivity contribution in [1.82, 2.24) is 0 Å². The van der Waals surface area contributed by atoms with Crippen molar-refractivity contribution >= 4 is 23.4 Å². The molecule has 3 fully saturated rings. The van der Waals surface area contributed by atoms with E-state index in [4.69, 9.17) is 16.3 Å². The molecule has 3 rings (SSSR count). The molecule has 1 nitrogen and oxygen atoms in total. The molecule has 0 unspecified atom stereocenters. The van der Waals surface area contributed by atoms with Gasteiger partial charge in [-0.2, -0.15) is 0 Å². The number of alkyl halides is 1. The summed E-state index contributed by atoms with van der Waals surface area (Å²) in [6.07, 6.45) is 4.24. The van der Waals surface area contributed by atoms with Gasteiger partial charge in [-0.3, -0.25) is 0 Å². The second-order valence-electron chi connectivity index (χ2n) is 6.45. The summed E-state index contributed by atoms with van der Waals surface area (Å²) in [4.78, 5) is 0.0823. The normalized spacial score (nSPS) is 54.0. The predicted octanol–water partition coefficient (Wildman–Crippen LogP) is 3.90. The minimum atomic E-state index is 0.0823. The van der Waals surface area contributed by atoms with E-state index in [1.54, 1.807) is 0 Å². The van der Waals surface area contributed by atoms with Gasteiger partial charge in [0.25, 0.3) is 0 Å². The second-order valence-corrected chi connectivity index (χ2v) is 8.04. The Morgan fingerprint density at radius 1 is 1.38 bits per heavy atom. The number of ether oxygens (including phenoxy) is 1. The minimum absolute atomic E-state index is 0.0823. The molecule has 3 aliphatic rings. The summed E-state index contributed by atoms with van der Waals surface area (Å²) in [5.74, 6) is 2.58. The molecule has 0 N–H and O–H groups in total. The van der Waals surface area contributed by atoms with Crippen LogP contribution in [0.1, 0.15) is 40.0 Å². The molecule has 2 aliphatic carbocycles. The highest BCUT2D eigenvalue weighted by atomic mass is 35.5. The molecule has 0 aromatic rings. The molecule has 1 saturated heterocycles. The van der Waals surface area contributed by atoms with E-state index in [2.05, 4.69) is 20.8 Å². The minimum Gasteiger partial charge on any atom is -0.358 e. The average molecular weight is 261 g/mol. The van der Waals surface area contributed by atoms with Gasteiger partial charge in [0, 0.05) is 17.0 Å². The van der Waals surface area contributed by atoms with Gasteiger partial charge in [-0.15, -0.1) is 23.4 Å². The predicted molar refractivity (Wildman–Crippen MR) is 70.0 cm³/mol. The van der Waals surface area contributed by atoms with Gasteiger partial charge in [-0.05, 0) is 30.6 Å². The van der Waals surface area contributed by atoms with Crippen molar-refractivity contribution in [1.29, 1.82) is 0 Å². The van der Waals surface area contributed by atoms with Gasteiger partial charge >= 0.3 is 0 Å². The summed E-state index contributed by atoms with van der Waals surface area (Å²) >= 11 is 7.99. The van der Waals surface area contributed by atoms with Crippen LogP contribution in [0.2, 0.25) is 0 Å². The summed E-state index contributed by atoms with van der Waals surface area (Å²) < 4.78 is 6.36. The lowest BCUT2D eigenvalue weighted by atomic mass is 9.69. The van der Waals surface area contributed by atoms with Crippen molar-refractivity contribution in [3.05, 3.63) is 0 Å². The SMILES string of the molecule is CC1(C)[C@H]2CC[C@@]1(C)[C@@]1(C2)O[C@H](CCl)CS1. The molecule has 3 heteroatoms. The molecule has 1 heterocycles. The van der Waals surface area contributed by atoms with Crippen LogP contribution in [-0.4, -0.2) is 22.7 Å². The van der Waals surface area contributed by atoms with Gasteiger partial charge in [-0.1, -0.05) is 20.8 Å². The highest BCUT2D eigenvalue weighted by Crippen LogP contribution is 2.74. The Hall–Kier alpha value is 0.600. The van der Waals surface area contributed by atoms with E-state index in [1.165, 1.54) is 19.3 Å². The summed E-state index contributed by atoms with van der Waals surface area (Å²) in [7, 11) is 0. The second kappa shape index (κ2) is 3.33. The summed E-state index contributed by atoms with van der Waals surface area (Å²) in [6, 6.07) is 0. The Balaban J connectivity index is 1.95. The number of hydrogen-bond donors (Lipinski definition) is 0. The lowest BCUT2D eigenvalue weighted by Gasteiger charge is -2.45. The van der Waals surface area contributed by atoms with E-state index >= 15 is 0 Å². The van der Waals surface area contributed by atoms with Gasteiger partial charge in [0.2, 0.25) is 0 Å². The summed E-state index contributed by atoms with van der Waals surface area (Å²) in [5.41, 5.74) is 0.775. The first-order chi connectivity index (χ1) is 7.45. The third-order valence-electron chi connectivity index (χ3n) is 5.82. The van der Waals surface area contributed by atoms with Crippen LogP contribution in [0, 0.1) is 16.7 Å². The van der Waals surface area contributed by atoms with Gasteiger partial charge < -0.3 is 4.74 Å². The van der Waals surface area contributed by atoms with Crippen LogP contribution in [0.25, 0.3) is 0 Å². The molecule has 4 atom stereocenters. The van der Waals surface area contributed by atoms with E-state index in [0.717, 1.165) is 11.7 Å². The van der Waals surface area contributed by atoms with Crippen LogP contribution in [-0.2, 0) is 4.74 Å². The van der Waals surface area contributed by atoms with Crippen molar-refractivity contribution in [2.24, 2.45) is 16.7 Å². The quantitative estimate of drug-likeness (QED) is 0.662. The van der Waals surface area contributed by atoms with Crippen LogP contribution in [0.4, 0.5) is 0 Å². The van der Waals surface area contributed by atoms with E-state index in [1.807, 2.05) is 11.8 Å². The zero-order valence-electron chi connectivity index (χ0n) is 10.4. The molecule has 1 aliphatic heterocycles. The van der Waals surface area contributed by atoms with Crippen LogP contribution in [0.3, 0.4) is 0 Å². The van der Waals surface area contributed by atoms with E-state index in [9.17, 15) is 0 Å². The molecule has 1 spiro atoms. The Bertz CT molecular complexity index is 319. The Morgan fingerprint density at radius 2 is 2.12 bits per heavy atom. The summed E-state index contributed by atoms with van der Waals surface area (Å²) in [5, 5.41) is 0. The highest BCUT2D eigenvalue weighted by molar-refractivity contribution is 8.00. The molecule has 0 aromatic heterocycles. The van der Waals surface area contributed by atoms with Crippen LogP contribution in [0.5, 0.6) is 0 Å². The number of thioether (sulfide) groups is 1. The third kappa shape index (κ3) is 1.14. The molecule has 0 amide bonds. The zero-order valence-corrected chi connectivity index (χ0v) is 12.0. The standard InChI is InChI=1S/C13H21ClOS/c1-11(2)9-4-5-12(11,3)13(6-9)15-10(7-14)8-16-13/h9-10H,4-8H2,1-3H3/t9-,10+,12+,13-/m0/s1. The lowest BCUT2D eigenvalue weighted by molar-refractivity contribution is -0.0842. The molecule has 92 valence electrons. The largest absolute Gasteiger partial charge is 0.358 e. The Labute approximate surface area is 108 Å². The number of rotatable bonds is 1. The van der Waals surface area contributed by atoms with E-state index < -0.39 is 0 Å². The van der Waals surface area contributed by atoms with Crippen LogP contribution < -0.4 is 0 Å². The van der Waals surface area contributed by atoms with Gasteiger partial charge in [0.1, 0.15) is 4.93 Å². The van der Waals surface area contributed by atoms with Gasteiger partial charge in [0.05, 0.1) is 6.10 Å². The number of hydrogen-bond acceptors (Lipinski definition) is 2. The number of fused-ring (bicyclic) bond motifs is 3. The maximum Gasteiger partial charge on any atom is 0.120 e. The third-order valence-corrected chi connectivity index (χ3v) is 7.89. The molecule has 2 bridgehead atoms. The maximum atomic E-state index is 6.36. The number of halogens is 1. The highest BCUT2D eigenvalue weighted by Gasteiger charge is 2.71. The van der Waals surface area contributed by atoms with Crippen molar-refractivity contribution in [3.8, 4) is 0 Å². The van der Waals surface area contributed by atoms with Crippen molar-refractivity contribution in [3.63, 3.8) is 0 Å². The molecule has 0 radical (unpaired) electrons. The van der Waals surface area contributed by atoms with Crippen molar-refractivity contribution in [2.75, 3.05) is 11.6 Å². The van der Waals surface area contributed by atoms with Crippen LogP contribution in [0.15, 0.2) is 0 Å². The maximum absolute atomic E-state index is 6.36. The lowest BCUT2D eigenvalue weighted by Crippen LogP contribution is -2.45. The fraction of sp³-hybridized carbons (Fsp3) is 1.00. The molecule has 16 heavy (non-hydrogen) atoms. The fourth-order valence-electron chi connectivity index (χ4n) is 4.22. The topological polar surface area (TPSA) is 9.23 Å². The van der Waals surface area contributed by atoms with Crippen molar-refractivity contribution in [2.45, 2.75) is 51.1 Å². The Kier molecular flexibility index (Phi) is 2.43. The first-order valence-electron chi connectivity index (χ1n) is 6.33. The molecule has 2 saturated carbocycles. The van der Waals surface area contributed by atoms with E-state index in [-0.39, 0.29) is 11.0 Å². The Morgan fingerprint density at radius 3 is 2.56 bits per heavy atom. The first-order valence-corrected chi connectivity index (χ1v) is 7.85. The molecular weight excluding hydrogens is 240 g/mol. The first kappa shape index (κ1) is 11.7. The van der Waals surface area contributed by atoms with Crippen LogP contribution >= 0.6 is 23.4 Å². The average Bonchev–Trinajstić information content (AvgIpc) is 2.79. The smallest absolute Gasteiger partial charge is 0.120 e. The van der Waals surface area contributed by atoms with E-state index in [0.29, 0.717) is 16.7 Å². The monoisotopic (exact) mass is 260 g/mol. The summed E-state index contributed by atoms with van der Waals surface area (Å²) in [6.45, 7) is 7.33. The molecular formula is C13H21ClOS. The van der Waals surface area contributed by atoms with Gasteiger partial charge in [-0.25, -0.2) is 0 Å². The van der Waals surface area contributed by atoms with Gasteiger partial charge in [0.15, 0.2) is 0 Å².